The van der Waals surface area contributed by atoms with Crippen LogP contribution in [0.4, 0.5) is 0 Å². The van der Waals surface area contributed by atoms with E-state index >= 15 is 0 Å². The average molecular weight is 507 g/mol. The number of amides is 1. The van der Waals surface area contributed by atoms with Gasteiger partial charge >= 0.3 is 5.97 Å². The second-order valence-electron chi connectivity index (χ2n) is 10.3. The van der Waals surface area contributed by atoms with E-state index in [-0.39, 0.29) is 30.4 Å². The van der Waals surface area contributed by atoms with Crippen molar-refractivity contribution in [1.82, 2.24) is 10.2 Å². The number of carbonyl (C=O) groups is 2. The van der Waals surface area contributed by atoms with E-state index in [0.29, 0.717) is 25.5 Å². The lowest BCUT2D eigenvalue weighted by Crippen LogP contribution is -2.41. The van der Waals surface area contributed by atoms with Crippen molar-refractivity contribution in [1.29, 1.82) is 5.41 Å². The summed E-state index contributed by atoms with van der Waals surface area (Å²) in [6.45, 7) is 0.951. The number of nitrogens with one attached hydrogen (secondary N) is 2. The molecule has 2 aromatic rings. The Morgan fingerprint density at radius 3 is 2.43 bits per heavy atom. The lowest BCUT2D eigenvalue weighted by molar-refractivity contribution is -0.142. The van der Waals surface area contributed by atoms with Gasteiger partial charge in [-0.1, -0.05) is 42.5 Å². The summed E-state index contributed by atoms with van der Waals surface area (Å²) in [6.07, 6.45) is 6.17. The minimum atomic E-state index is -0.939. The summed E-state index contributed by atoms with van der Waals surface area (Å²) in [5, 5.41) is 19.7. The Hall–Kier alpha value is -3.55. The number of ether oxygens (including phenoxy) is 1. The van der Waals surface area contributed by atoms with Crippen LogP contribution >= 0.6 is 0 Å². The molecule has 0 spiro atoms. The summed E-state index contributed by atoms with van der Waals surface area (Å²) in [6, 6.07) is 18.5. The van der Waals surface area contributed by atoms with Gasteiger partial charge in [-0.25, -0.2) is 0 Å². The first kappa shape index (κ1) is 26.5. The predicted molar refractivity (Wildman–Crippen MR) is 143 cm³/mol. The summed E-state index contributed by atoms with van der Waals surface area (Å²) >= 11 is 0. The van der Waals surface area contributed by atoms with E-state index in [1.54, 1.807) is 0 Å². The van der Waals surface area contributed by atoms with E-state index in [0.717, 1.165) is 44.3 Å². The zero-order valence-corrected chi connectivity index (χ0v) is 21.3. The fourth-order valence-electron chi connectivity index (χ4n) is 5.72. The first-order chi connectivity index (χ1) is 17.9. The Bertz CT molecular complexity index is 1050. The molecule has 0 unspecified atom stereocenters. The number of aliphatic carboxylic acids is 1. The Kier molecular flexibility index (Phi) is 9.04. The van der Waals surface area contributed by atoms with Gasteiger partial charge in [-0.2, -0.15) is 0 Å². The summed E-state index contributed by atoms with van der Waals surface area (Å²) < 4.78 is 6.10. The van der Waals surface area contributed by atoms with E-state index in [1.165, 1.54) is 11.1 Å². The van der Waals surface area contributed by atoms with Crippen molar-refractivity contribution in [3.63, 3.8) is 0 Å². The maximum atomic E-state index is 13.0. The summed E-state index contributed by atoms with van der Waals surface area (Å²) in [5.74, 6) is -0.214. The van der Waals surface area contributed by atoms with Gasteiger partial charge in [0.15, 0.2) is 5.96 Å². The quantitative estimate of drug-likeness (QED) is 0.270. The molecule has 198 valence electrons. The second-order valence-corrected chi connectivity index (χ2v) is 10.3. The third-order valence-electron chi connectivity index (χ3n) is 7.64. The molecule has 37 heavy (non-hydrogen) atoms. The van der Waals surface area contributed by atoms with Gasteiger partial charge in [0.25, 0.3) is 0 Å². The molecule has 2 atom stereocenters. The number of carboxylic acids is 1. The van der Waals surface area contributed by atoms with Crippen molar-refractivity contribution in [2.45, 2.75) is 69.4 Å². The fourth-order valence-corrected chi connectivity index (χ4v) is 5.72. The number of nitrogens with two attached hydrogens (primary N) is 1. The molecule has 1 aliphatic carbocycles. The van der Waals surface area contributed by atoms with Crippen LogP contribution in [0.1, 0.15) is 62.0 Å². The largest absolute Gasteiger partial charge is 0.491 e. The van der Waals surface area contributed by atoms with Gasteiger partial charge in [0.2, 0.25) is 5.91 Å². The zero-order chi connectivity index (χ0) is 26.2. The highest BCUT2D eigenvalue weighted by molar-refractivity contribution is 5.85. The Balaban J connectivity index is 1.30. The van der Waals surface area contributed by atoms with Gasteiger partial charge in [0.05, 0.1) is 18.4 Å². The monoisotopic (exact) mass is 506 g/mol. The first-order valence-corrected chi connectivity index (χ1v) is 13.3. The molecular weight excluding hydrogens is 468 g/mol. The summed E-state index contributed by atoms with van der Waals surface area (Å²) in [4.78, 5) is 26.1. The van der Waals surface area contributed by atoms with Gasteiger partial charge in [0.1, 0.15) is 12.4 Å². The van der Waals surface area contributed by atoms with Crippen molar-refractivity contribution in [3.05, 3.63) is 65.7 Å². The molecular formula is C29H38N4O4. The first-order valence-electron chi connectivity index (χ1n) is 13.3. The molecule has 8 nitrogen and oxygen atoms in total. The van der Waals surface area contributed by atoms with E-state index in [2.05, 4.69) is 29.6 Å². The van der Waals surface area contributed by atoms with Crippen molar-refractivity contribution in [3.8, 4) is 5.75 Å². The molecule has 2 aromatic carbocycles. The fraction of sp³-hybridized carbons (Fsp3) is 0.483. The van der Waals surface area contributed by atoms with Crippen LogP contribution in [0.25, 0.3) is 0 Å². The zero-order valence-electron chi connectivity index (χ0n) is 21.3. The molecule has 2 aliphatic rings. The Labute approximate surface area is 218 Å². The molecule has 5 N–H and O–H groups in total. The second kappa shape index (κ2) is 12.6. The molecule has 0 bridgehead atoms. The molecule has 1 amide bonds. The van der Waals surface area contributed by atoms with Crippen LogP contribution < -0.4 is 15.8 Å². The molecule has 2 fully saturated rings. The molecule has 0 aromatic heterocycles. The van der Waals surface area contributed by atoms with Crippen LogP contribution in [-0.2, 0) is 16.0 Å². The number of carbonyl (C=O) groups excluding carboxylic acids is 1. The molecule has 1 saturated heterocycles. The van der Waals surface area contributed by atoms with Crippen molar-refractivity contribution >= 4 is 17.8 Å². The molecule has 1 aliphatic heterocycles. The number of hydrogen-bond acceptors (Lipinski definition) is 4. The topological polar surface area (TPSA) is 129 Å². The summed E-state index contributed by atoms with van der Waals surface area (Å²) in [7, 11) is 0. The van der Waals surface area contributed by atoms with E-state index < -0.39 is 11.9 Å². The Morgan fingerprint density at radius 1 is 1.08 bits per heavy atom. The van der Waals surface area contributed by atoms with Gasteiger partial charge in [-0.15, -0.1) is 0 Å². The third-order valence-corrected chi connectivity index (χ3v) is 7.64. The summed E-state index contributed by atoms with van der Waals surface area (Å²) in [5.41, 5.74) is 7.98. The molecule has 1 heterocycles. The van der Waals surface area contributed by atoms with Gasteiger partial charge < -0.3 is 25.8 Å². The minimum absolute atomic E-state index is 0.0398. The number of hydrogen-bond donors (Lipinski definition) is 4. The van der Waals surface area contributed by atoms with E-state index in [1.807, 2.05) is 35.2 Å². The van der Waals surface area contributed by atoms with Crippen LogP contribution in [0.15, 0.2) is 54.6 Å². The molecule has 4 rings (SSSR count). The van der Waals surface area contributed by atoms with E-state index in [9.17, 15) is 14.7 Å². The highest BCUT2D eigenvalue weighted by Gasteiger charge is 2.40. The molecule has 8 heteroatoms. The van der Waals surface area contributed by atoms with Crippen molar-refractivity contribution in [2.24, 2.45) is 11.7 Å². The number of guanidine groups is 1. The number of rotatable bonds is 11. The van der Waals surface area contributed by atoms with Gasteiger partial charge in [-0.05, 0) is 74.1 Å². The number of nitrogens with zero attached hydrogens (tertiary/aromatic N) is 1. The maximum Gasteiger partial charge on any atom is 0.304 e. The SMILES string of the molecule is N=C(N)N[C@H]1CC[C@H](c2ccc(OC[C@@H]3C[C@@H](CC(=O)O)C(=O)N3CCCc3ccccc3)cc2)CC1. The lowest BCUT2D eigenvalue weighted by Gasteiger charge is -2.29. The highest BCUT2D eigenvalue weighted by Crippen LogP contribution is 2.34. The smallest absolute Gasteiger partial charge is 0.304 e. The van der Waals surface area contributed by atoms with Crippen LogP contribution in [0.3, 0.4) is 0 Å². The number of benzene rings is 2. The normalized spacial score (nSPS) is 23.6. The highest BCUT2D eigenvalue weighted by atomic mass is 16.5. The lowest BCUT2D eigenvalue weighted by atomic mass is 9.82. The molecule has 1 saturated carbocycles. The van der Waals surface area contributed by atoms with E-state index in [4.69, 9.17) is 15.9 Å². The standard InChI is InChI=1S/C29H38N4O4/c30-29(31)32-24-12-8-21(9-13-24)22-10-14-26(15-11-22)37-19-25-17-23(18-27(34)35)28(36)33(25)16-4-7-20-5-2-1-3-6-20/h1-3,5-6,10-11,14-15,21,23-25H,4,7-9,12-13,16-19H2,(H,34,35)(H4,30,31,32)/t21-,23-,24-,25-/m0/s1. The van der Waals surface area contributed by atoms with Crippen LogP contribution in [0.5, 0.6) is 5.75 Å². The number of carboxylic acid groups (broad SMARTS) is 1. The van der Waals surface area contributed by atoms with Crippen LogP contribution in [0, 0.1) is 11.3 Å². The van der Waals surface area contributed by atoms with Crippen LogP contribution in [-0.4, -0.2) is 53.1 Å². The third kappa shape index (κ3) is 7.47. The maximum absolute atomic E-state index is 13.0. The average Bonchev–Trinajstić information content (AvgIpc) is 3.17. The van der Waals surface area contributed by atoms with Crippen LogP contribution in [0.2, 0.25) is 0 Å². The number of aryl methyl sites for hydroxylation is 1. The predicted octanol–water partition coefficient (Wildman–Crippen LogP) is 3.90. The van der Waals surface area contributed by atoms with Gasteiger partial charge in [-0.3, -0.25) is 15.0 Å². The van der Waals surface area contributed by atoms with Crippen molar-refractivity contribution < 1.29 is 19.4 Å². The number of likely N-dealkylation sites (tertiary alicyclic amines) is 1. The van der Waals surface area contributed by atoms with Crippen molar-refractivity contribution in [2.75, 3.05) is 13.2 Å². The Morgan fingerprint density at radius 2 is 1.78 bits per heavy atom. The minimum Gasteiger partial charge on any atom is -0.491 e. The van der Waals surface area contributed by atoms with Gasteiger partial charge in [0, 0.05) is 12.6 Å². The molecule has 0 radical (unpaired) electrons.